The minimum Gasteiger partial charge on any atom is -0.507 e. The molecular formula is C23H20N2O5. The van der Waals surface area contributed by atoms with Crippen molar-refractivity contribution in [1.82, 2.24) is 4.98 Å². The summed E-state index contributed by atoms with van der Waals surface area (Å²) >= 11 is 0. The van der Waals surface area contributed by atoms with Crippen LogP contribution in [0.4, 0.5) is 5.69 Å². The molecule has 1 amide bonds. The number of aryl methyl sites for hydroxylation is 1. The van der Waals surface area contributed by atoms with E-state index in [0.29, 0.717) is 39.4 Å². The summed E-state index contributed by atoms with van der Waals surface area (Å²) in [5.41, 5.74) is 3.59. The van der Waals surface area contributed by atoms with E-state index in [4.69, 9.17) is 13.9 Å². The van der Waals surface area contributed by atoms with Crippen LogP contribution in [-0.4, -0.2) is 30.2 Å². The van der Waals surface area contributed by atoms with Gasteiger partial charge in [0.2, 0.25) is 5.89 Å². The quantitative estimate of drug-likeness (QED) is 0.465. The lowest BCUT2D eigenvalue weighted by Crippen LogP contribution is -2.12. The molecule has 7 nitrogen and oxygen atoms in total. The molecular weight excluding hydrogens is 384 g/mol. The van der Waals surface area contributed by atoms with E-state index in [-0.39, 0.29) is 17.5 Å². The number of hydrogen-bond acceptors (Lipinski definition) is 6. The van der Waals surface area contributed by atoms with E-state index >= 15 is 0 Å². The van der Waals surface area contributed by atoms with Crippen LogP contribution in [-0.2, 0) is 0 Å². The zero-order valence-electron chi connectivity index (χ0n) is 16.7. The van der Waals surface area contributed by atoms with Crippen LogP contribution >= 0.6 is 0 Å². The van der Waals surface area contributed by atoms with Crippen molar-refractivity contribution in [1.29, 1.82) is 0 Å². The lowest BCUT2D eigenvalue weighted by molar-refractivity contribution is 0.102. The number of fused-ring (bicyclic) bond motifs is 1. The van der Waals surface area contributed by atoms with Gasteiger partial charge in [-0.2, -0.15) is 0 Å². The number of rotatable bonds is 5. The van der Waals surface area contributed by atoms with Gasteiger partial charge in [0.15, 0.2) is 5.58 Å². The van der Waals surface area contributed by atoms with Crippen molar-refractivity contribution in [3.8, 4) is 28.7 Å². The van der Waals surface area contributed by atoms with Gasteiger partial charge in [-0.05, 0) is 55.0 Å². The highest BCUT2D eigenvalue weighted by molar-refractivity contribution is 6.05. The Balaban J connectivity index is 1.65. The van der Waals surface area contributed by atoms with E-state index in [1.54, 1.807) is 30.3 Å². The number of phenols is 1. The summed E-state index contributed by atoms with van der Waals surface area (Å²) in [4.78, 5) is 17.2. The minimum absolute atomic E-state index is 0.000623. The lowest BCUT2D eigenvalue weighted by Gasteiger charge is -2.10. The number of amides is 1. The normalized spacial score (nSPS) is 10.8. The Labute approximate surface area is 172 Å². The predicted octanol–water partition coefficient (Wildman–Crippen LogP) is 4.78. The molecule has 4 rings (SSSR count). The summed E-state index contributed by atoms with van der Waals surface area (Å²) < 4.78 is 16.2. The number of ether oxygens (including phenoxy) is 2. The summed E-state index contributed by atoms with van der Waals surface area (Å²) in [7, 11) is 3.04. The maximum Gasteiger partial charge on any atom is 0.255 e. The number of nitrogens with one attached hydrogen (secondary N) is 1. The average molecular weight is 404 g/mol. The second-order valence-corrected chi connectivity index (χ2v) is 6.78. The monoisotopic (exact) mass is 404 g/mol. The molecule has 0 atom stereocenters. The van der Waals surface area contributed by atoms with Crippen LogP contribution in [0.15, 0.2) is 59.0 Å². The highest BCUT2D eigenvalue weighted by Crippen LogP contribution is 2.34. The van der Waals surface area contributed by atoms with E-state index in [1.165, 1.54) is 20.3 Å². The molecule has 0 saturated carbocycles. The van der Waals surface area contributed by atoms with Crippen LogP contribution in [0.25, 0.3) is 22.6 Å². The maximum absolute atomic E-state index is 12.7. The average Bonchev–Trinajstić information content (AvgIpc) is 3.17. The molecule has 3 aromatic carbocycles. The Hall–Kier alpha value is -4.00. The second kappa shape index (κ2) is 7.79. The predicted molar refractivity (Wildman–Crippen MR) is 113 cm³/mol. The van der Waals surface area contributed by atoms with Crippen LogP contribution in [0.1, 0.15) is 15.9 Å². The Morgan fingerprint density at radius 1 is 1.00 bits per heavy atom. The Kier molecular flexibility index (Phi) is 5.02. The number of carbonyl (C=O) groups excluding carboxylic acids is 1. The summed E-state index contributed by atoms with van der Waals surface area (Å²) in [6, 6.07) is 15.3. The third-order valence-electron chi connectivity index (χ3n) is 4.64. The van der Waals surface area contributed by atoms with Crippen molar-refractivity contribution in [3.05, 3.63) is 65.7 Å². The van der Waals surface area contributed by atoms with Gasteiger partial charge in [0.05, 0.1) is 19.8 Å². The molecule has 2 N–H and O–H groups in total. The number of aromatic hydroxyl groups is 1. The van der Waals surface area contributed by atoms with Gasteiger partial charge < -0.3 is 24.3 Å². The Morgan fingerprint density at radius 3 is 2.43 bits per heavy atom. The highest BCUT2D eigenvalue weighted by Gasteiger charge is 2.15. The van der Waals surface area contributed by atoms with Crippen molar-refractivity contribution in [2.75, 3.05) is 19.5 Å². The number of anilines is 1. The molecule has 4 aromatic rings. The molecule has 30 heavy (non-hydrogen) atoms. The van der Waals surface area contributed by atoms with Crippen molar-refractivity contribution < 1.29 is 23.8 Å². The van der Waals surface area contributed by atoms with E-state index in [0.717, 1.165) is 5.56 Å². The summed E-state index contributed by atoms with van der Waals surface area (Å²) in [6.45, 7) is 1.96. The molecule has 0 aliphatic rings. The first-order chi connectivity index (χ1) is 14.5. The molecule has 7 heteroatoms. The zero-order valence-corrected chi connectivity index (χ0v) is 16.7. The topological polar surface area (TPSA) is 93.8 Å². The first-order valence-corrected chi connectivity index (χ1v) is 9.22. The van der Waals surface area contributed by atoms with Gasteiger partial charge in [-0.1, -0.05) is 6.07 Å². The molecule has 0 aliphatic heterocycles. The van der Waals surface area contributed by atoms with Crippen molar-refractivity contribution in [2.45, 2.75) is 6.92 Å². The molecule has 0 radical (unpaired) electrons. The number of hydrogen-bond donors (Lipinski definition) is 2. The van der Waals surface area contributed by atoms with Crippen LogP contribution in [0, 0.1) is 6.92 Å². The second-order valence-electron chi connectivity index (χ2n) is 6.78. The third-order valence-corrected chi connectivity index (χ3v) is 4.64. The van der Waals surface area contributed by atoms with Crippen LogP contribution in [0.3, 0.4) is 0 Å². The van der Waals surface area contributed by atoms with Crippen molar-refractivity contribution in [3.63, 3.8) is 0 Å². The molecule has 0 bridgehead atoms. The van der Waals surface area contributed by atoms with E-state index in [2.05, 4.69) is 10.3 Å². The standard InChI is InChI=1S/C23H20N2O5/c1-13-4-6-19-21(8-13)30-23(25-19)18-11-15(5-7-20(18)26)24-22(27)14-9-16(28-2)12-17(10-14)29-3/h4-12,26H,1-3H3,(H,24,27). The molecule has 152 valence electrons. The Morgan fingerprint density at radius 2 is 1.73 bits per heavy atom. The lowest BCUT2D eigenvalue weighted by atomic mass is 10.1. The molecule has 1 aromatic heterocycles. The largest absolute Gasteiger partial charge is 0.507 e. The molecule has 0 spiro atoms. The fourth-order valence-corrected chi connectivity index (χ4v) is 3.07. The van der Waals surface area contributed by atoms with Crippen LogP contribution in [0.2, 0.25) is 0 Å². The number of aromatic nitrogens is 1. The number of benzene rings is 3. The summed E-state index contributed by atoms with van der Waals surface area (Å²) in [6.07, 6.45) is 0. The molecule has 1 heterocycles. The third kappa shape index (κ3) is 3.77. The van der Waals surface area contributed by atoms with Gasteiger partial charge in [-0.3, -0.25) is 4.79 Å². The van der Waals surface area contributed by atoms with E-state index in [9.17, 15) is 9.90 Å². The Bertz CT molecular complexity index is 1220. The van der Waals surface area contributed by atoms with Gasteiger partial charge in [0, 0.05) is 17.3 Å². The van der Waals surface area contributed by atoms with Crippen LogP contribution < -0.4 is 14.8 Å². The SMILES string of the molecule is COc1cc(OC)cc(C(=O)Nc2ccc(O)c(-c3nc4ccc(C)cc4o3)c2)c1. The molecule has 0 fully saturated rings. The van der Waals surface area contributed by atoms with Gasteiger partial charge >= 0.3 is 0 Å². The van der Waals surface area contributed by atoms with Crippen molar-refractivity contribution >= 4 is 22.7 Å². The first-order valence-electron chi connectivity index (χ1n) is 9.22. The molecule has 0 aliphatic carbocycles. The molecule has 0 unspecified atom stereocenters. The highest BCUT2D eigenvalue weighted by atomic mass is 16.5. The van der Waals surface area contributed by atoms with Gasteiger partial charge in [0.25, 0.3) is 5.91 Å². The number of oxazole rings is 1. The molecule has 0 saturated heterocycles. The fourth-order valence-electron chi connectivity index (χ4n) is 3.07. The number of phenolic OH excluding ortho intramolecular Hbond substituents is 1. The smallest absolute Gasteiger partial charge is 0.255 e. The fraction of sp³-hybridized carbons (Fsp3) is 0.130. The van der Waals surface area contributed by atoms with Crippen molar-refractivity contribution in [2.24, 2.45) is 0 Å². The van der Waals surface area contributed by atoms with Gasteiger partial charge in [0.1, 0.15) is 22.8 Å². The van der Waals surface area contributed by atoms with Gasteiger partial charge in [-0.25, -0.2) is 4.98 Å². The van der Waals surface area contributed by atoms with E-state index in [1.807, 2.05) is 25.1 Å². The van der Waals surface area contributed by atoms with E-state index < -0.39 is 0 Å². The maximum atomic E-state index is 12.7. The first kappa shape index (κ1) is 19.3. The zero-order chi connectivity index (χ0) is 21.3. The van der Waals surface area contributed by atoms with Crippen LogP contribution in [0.5, 0.6) is 17.2 Å². The minimum atomic E-state index is -0.350. The summed E-state index contributed by atoms with van der Waals surface area (Å²) in [5, 5.41) is 13.1. The number of nitrogens with zero attached hydrogens (tertiary/aromatic N) is 1. The number of carbonyl (C=O) groups is 1. The number of methoxy groups -OCH3 is 2. The van der Waals surface area contributed by atoms with Gasteiger partial charge in [-0.15, -0.1) is 0 Å². The summed E-state index contributed by atoms with van der Waals surface area (Å²) in [5.74, 6) is 0.934.